The summed E-state index contributed by atoms with van der Waals surface area (Å²) in [5, 5.41) is 1.67. The molecule has 11 heavy (non-hydrogen) atoms. The van der Waals surface area contributed by atoms with Crippen molar-refractivity contribution in [1.29, 1.82) is 0 Å². The normalized spacial score (nSPS) is 12.0. The maximum atomic E-state index is 12.9. The van der Waals surface area contributed by atoms with Gasteiger partial charge < -0.3 is 0 Å². The molecule has 0 nitrogen and oxygen atoms in total. The number of rotatable bonds is 2. The lowest BCUT2D eigenvalue weighted by molar-refractivity contribution is -0.00442. The second-order valence-electron chi connectivity index (χ2n) is 2.19. The van der Waals surface area contributed by atoms with Gasteiger partial charge in [-0.2, -0.15) is 0 Å². The van der Waals surface area contributed by atoms with Crippen molar-refractivity contribution in [3.05, 3.63) is 20.8 Å². The van der Waals surface area contributed by atoms with Crippen molar-refractivity contribution in [1.82, 2.24) is 0 Å². The first-order chi connectivity index (χ1) is 5.06. The van der Waals surface area contributed by atoms with E-state index in [0.717, 1.165) is 15.8 Å². The van der Waals surface area contributed by atoms with Gasteiger partial charge in [-0.1, -0.05) is 6.92 Å². The van der Waals surface area contributed by atoms with Gasteiger partial charge in [0.1, 0.15) is 0 Å². The van der Waals surface area contributed by atoms with Gasteiger partial charge in [-0.15, -0.1) is 11.3 Å². The van der Waals surface area contributed by atoms with E-state index in [1.807, 2.05) is 0 Å². The highest BCUT2D eigenvalue weighted by atomic mass is 79.9. The van der Waals surface area contributed by atoms with Crippen LogP contribution < -0.4 is 0 Å². The number of hydrogen-bond donors (Lipinski definition) is 0. The molecule has 1 aromatic heterocycles. The van der Waals surface area contributed by atoms with E-state index in [1.165, 1.54) is 13.0 Å². The Kier molecular flexibility index (Phi) is 2.65. The minimum atomic E-state index is -2.66. The minimum Gasteiger partial charge on any atom is -0.200 e. The molecule has 1 aromatic rings. The molecule has 0 fully saturated rings. The molecule has 4 heteroatoms. The van der Waals surface area contributed by atoms with Crippen LogP contribution in [0.4, 0.5) is 8.78 Å². The Morgan fingerprint density at radius 3 is 2.64 bits per heavy atom. The van der Waals surface area contributed by atoms with Gasteiger partial charge in [0.25, 0.3) is 5.92 Å². The van der Waals surface area contributed by atoms with Crippen LogP contribution in [0.2, 0.25) is 0 Å². The SMILES string of the molecule is CCC(F)(F)c1cc(Br)cs1. The van der Waals surface area contributed by atoms with Crippen LogP contribution in [-0.2, 0) is 5.92 Å². The number of halogens is 3. The summed E-state index contributed by atoms with van der Waals surface area (Å²) < 4.78 is 26.5. The fourth-order valence-electron chi connectivity index (χ4n) is 0.679. The molecule has 0 radical (unpaired) electrons. The van der Waals surface area contributed by atoms with Crippen molar-refractivity contribution in [3.63, 3.8) is 0 Å². The average molecular weight is 241 g/mol. The molecule has 0 aliphatic carbocycles. The summed E-state index contributed by atoms with van der Waals surface area (Å²) in [5.74, 6) is -2.66. The van der Waals surface area contributed by atoms with Crippen LogP contribution in [0.3, 0.4) is 0 Å². The van der Waals surface area contributed by atoms with E-state index < -0.39 is 5.92 Å². The zero-order chi connectivity index (χ0) is 8.48. The highest BCUT2D eigenvalue weighted by Crippen LogP contribution is 2.36. The molecule has 0 aromatic carbocycles. The lowest BCUT2D eigenvalue weighted by Gasteiger charge is -2.10. The first kappa shape index (κ1) is 9.13. The lowest BCUT2D eigenvalue weighted by Crippen LogP contribution is -2.08. The Balaban J connectivity index is 2.92. The standard InChI is InChI=1S/C7H7BrF2S/c1-2-7(9,10)6-3-5(8)4-11-6/h3-4H,2H2,1H3. The molecule has 0 saturated heterocycles. The largest absolute Gasteiger partial charge is 0.281 e. The Bertz CT molecular complexity index is 244. The maximum Gasteiger partial charge on any atom is 0.281 e. The van der Waals surface area contributed by atoms with E-state index in [0.29, 0.717) is 0 Å². The molecule has 0 atom stereocenters. The fourth-order valence-corrected chi connectivity index (χ4v) is 2.16. The van der Waals surface area contributed by atoms with E-state index in [9.17, 15) is 8.78 Å². The summed E-state index contributed by atoms with van der Waals surface area (Å²) in [6.07, 6.45) is -0.139. The van der Waals surface area contributed by atoms with Crippen LogP contribution >= 0.6 is 27.3 Å². The quantitative estimate of drug-likeness (QED) is 0.733. The van der Waals surface area contributed by atoms with Gasteiger partial charge in [0.2, 0.25) is 0 Å². The van der Waals surface area contributed by atoms with Gasteiger partial charge in [-0.05, 0) is 22.0 Å². The van der Waals surface area contributed by atoms with Crippen LogP contribution in [0, 0.1) is 0 Å². The molecular formula is C7H7BrF2S. The Hall–Kier alpha value is 0.0400. The van der Waals surface area contributed by atoms with Gasteiger partial charge in [-0.3, -0.25) is 0 Å². The van der Waals surface area contributed by atoms with Crippen LogP contribution in [0.1, 0.15) is 18.2 Å². The monoisotopic (exact) mass is 240 g/mol. The van der Waals surface area contributed by atoms with E-state index in [4.69, 9.17) is 0 Å². The topological polar surface area (TPSA) is 0 Å². The predicted molar refractivity (Wildman–Crippen MR) is 46.2 cm³/mol. The average Bonchev–Trinajstić information content (AvgIpc) is 2.36. The zero-order valence-electron chi connectivity index (χ0n) is 5.90. The maximum absolute atomic E-state index is 12.9. The second kappa shape index (κ2) is 3.19. The van der Waals surface area contributed by atoms with Gasteiger partial charge >= 0.3 is 0 Å². The van der Waals surface area contributed by atoms with Crippen molar-refractivity contribution >= 4 is 27.3 Å². The molecule has 62 valence electrons. The molecule has 0 bridgehead atoms. The van der Waals surface area contributed by atoms with Crippen molar-refractivity contribution in [2.24, 2.45) is 0 Å². The van der Waals surface area contributed by atoms with Crippen molar-refractivity contribution in [3.8, 4) is 0 Å². The predicted octanol–water partition coefficient (Wildman–Crippen LogP) is 4.01. The fraction of sp³-hybridized carbons (Fsp3) is 0.429. The molecule has 0 spiro atoms. The third kappa shape index (κ3) is 1.99. The molecule has 0 unspecified atom stereocenters. The lowest BCUT2D eigenvalue weighted by atomic mass is 10.2. The number of thiophene rings is 1. The molecule has 0 saturated carbocycles. The van der Waals surface area contributed by atoms with Gasteiger partial charge in [-0.25, -0.2) is 8.78 Å². The van der Waals surface area contributed by atoms with E-state index in [1.54, 1.807) is 5.38 Å². The number of hydrogen-bond acceptors (Lipinski definition) is 1. The third-order valence-electron chi connectivity index (χ3n) is 1.37. The number of alkyl halides is 2. The molecule has 0 N–H and O–H groups in total. The van der Waals surface area contributed by atoms with Gasteiger partial charge in [0.15, 0.2) is 0 Å². The molecule has 0 aliphatic heterocycles. The Morgan fingerprint density at radius 2 is 2.27 bits per heavy atom. The van der Waals surface area contributed by atoms with E-state index in [2.05, 4.69) is 15.9 Å². The summed E-state index contributed by atoms with van der Waals surface area (Å²) in [6, 6.07) is 1.47. The third-order valence-corrected chi connectivity index (χ3v) is 3.18. The van der Waals surface area contributed by atoms with E-state index >= 15 is 0 Å². The van der Waals surface area contributed by atoms with E-state index in [-0.39, 0.29) is 11.3 Å². The Morgan fingerprint density at radius 1 is 1.64 bits per heavy atom. The van der Waals surface area contributed by atoms with Crippen LogP contribution in [0.25, 0.3) is 0 Å². The second-order valence-corrected chi connectivity index (χ2v) is 4.01. The zero-order valence-corrected chi connectivity index (χ0v) is 8.31. The summed E-state index contributed by atoms with van der Waals surface area (Å²) >= 11 is 4.22. The van der Waals surface area contributed by atoms with Crippen molar-refractivity contribution < 1.29 is 8.78 Å². The minimum absolute atomic E-state index is 0.131. The van der Waals surface area contributed by atoms with Crippen molar-refractivity contribution in [2.45, 2.75) is 19.3 Å². The first-order valence-corrected chi connectivity index (χ1v) is 4.86. The van der Waals surface area contributed by atoms with Gasteiger partial charge in [0.05, 0.1) is 4.88 Å². The summed E-state index contributed by atoms with van der Waals surface area (Å²) in [5.41, 5.74) is 0. The van der Waals surface area contributed by atoms with Crippen molar-refractivity contribution in [2.75, 3.05) is 0 Å². The molecule has 0 amide bonds. The summed E-state index contributed by atoms with van der Waals surface area (Å²) in [6.45, 7) is 1.48. The molecule has 1 heterocycles. The molecular weight excluding hydrogens is 234 g/mol. The summed E-state index contributed by atoms with van der Waals surface area (Å²) in [7, 11) is 0. The highest BCUT2D eigenvalue weighted by molar-refractivity contribution is 9.10. The van der Waals surface area contributed by atoms with Crippen LogP contribution in [0.5, 0.6) is 0 Å². The Labute approximate surface area is 76.4 Å². The van der Waals surface area contributed by atoms with Crippen LogP contribution in [0.15, 0.2) is 15.9 Å². The molecule has 0 aliphatic rings. The van der Waals surface area contributed by atoms with Crippen LogP contribution in [-0.4, -0.2) is 0 Å². The summed E-state index contributed by atoms with van der Waals surface area (Å²) in [4.78, 5) is 0.131. The smallest absolute Gasteiger partial charge is 0.200 e. The highest BCUT2D eigenvalue weighted by Gasteiger charge is 2.30. The van der Waals surface area contributed by atoms with Gasteiger partial charge in [0, 0.05) is 16.3 Å². The molecule has 1 rings (SSSR count). The first-order valence-electron chi connectivity index (χ1n) is 3.18.